The minimum Gasteiger partial charge on any atom is -0.353 e. The number of hydrogen-bond acceptors (Lipinski definition) is 0. The lowest BCUT2D eigenvalue weighted by molar-refractivity contribution is 1.12. The number of fused-ring (bicyclic) bond motifs is 10. The molecule has 0 fully saturated rings. The molecule has 4 aromatic heterocycles. The maximum atomic E-state index is 3.60. The summed E-state index contributed by atoms with van der Waals surface area (Å²) in [6.07, 6.45) is 4.33. The Morgan fingerprint density at radius 3 is 1.46 bits per heavy atom. The second kappa shape index (κ2) is 18.2. The van der Waals surface area contributed by atoms with Gasteiger partial charge in [-0.05, 0) is 95.1 Å². The summed E-state index contributed by atoms with van der Waals surface area (Å²) in [5.41, 5.74) is 15.8. The molecule has 0 spiro atoms. The molecule has 0 saturated heterocycles. The Labute approximate surface area is 408 Å². The molecule has 5 heteroatoms. The van der Waals surface area contributed by atoms with E-state index in [1.54, 1.807) is 0 Å². The summed E-state index contributed by atoms with van der Waals surface area (Å²) in [4.78, 5) is 3.60. The topological polar surface area (TPSA) is 30.6 Å². The predicted molar refractivity (Wildman–Crippen MR) is 295 cm³/mol. The molecule has 0 amide bonds. The summed E-state index contributed by atoms with van der Waals surface area (Å²) in [5, 5.41) is 7.58. The first kappa shape index (κ1) is 41.8. The Hall–Kier alpha value is -8.64. The maximum absolute atomic E-state index is 3.60. The quantitative estimate of drug-likeness (QED) is 0.178. The van der Waals surface area contributed by atoms with Crippen LogP contribution in [0.5, 0.6) is 0 Å². The molecule has 0 aliphatic heterocycles. The number of H-pyrrole nitrogens is 1. The Kier molecular flexibility index (Phi) is 11.0. The lowest BCUT2D eigenvalue weighted by Gasteiger charge is -2.13. The minimum atomic E-state index is 1.12. The molecule has 0 saturated carbocycles. The van der Waals surface area contributed by atoms with Crippen molar-refractivity contribution in [1.82, 2.24) is 18.7 Å². The second-order valence-electron chi connectivity index (χ2n) is 17.2. The molecule has 14 aromatic rings. The summed E-state index contributed by atoms with van der Waals surface area (Å²) in [7, 11) is 0. The van der Waals surface area contributed by atoms with Gasteiger partial charge in [0.05, 0.1) is 27.6 Å². The first-order chi connectivity index (χ1) is 34.2. The largest absolute Gasteiger partial charge is 0.353 e. The zero-order valence-corrected chi connectivity index (χ0v) is 39.2. The normalized spacial score (nSPS) is 11.3. The zero-order chi connectivity index (χ0) is 46.1. The average molecular weight is 950 g/mol. The first-order valence-electron chi connectivity index (χ1n) is 23.3. The molecular formula is C64H45BrN4. The van der Waals surface area contributed by atoms with Crippen LogP contribution in [0, 0.1) is 0 Å². The van der Waals surface area contributed by atoms with Crippen molar-refractivity contribution in [2.75, 3.05) is 0 Å². The molecule has 0 unspecified atom stereocenters. The van der Waals surface area contributed by atoms with Crippen LogP contribution in [0.3, 0.4) is 0 Å². The van der Waals surface area contributed by atoms with E-state index in [1.807, 2.05) is 24.3 Å². The number of nitrogens with one attached hydrogen (secondary N) is 1. The highest BCUT2D eigenvalue weighted by molar-refractivity contribution is 9.10. The Bertz CT molecular complexity index is 4070. The molecular weight excluding hydrogens is 905 g/mol. The van der Waals surface area contributed by atoms with Gasteiger partial charge in [0.25, 0.3) is 0 Å². The van der Waals surface area contributed by atoms with Crippen LogP contribution in [-0.2, 0) is 0 Å². The first-order valence-corrected chi connectivity index (χ1v) is 24.1. The number of rotatable bonds is 5. The fourth-order valence-electron chi connectivity index (χ4n) is 9.85. The number of aromatic nitrogens is 4. The van der Waals surface area contributed by atoms with Crippen molar-refractivity contribution >= 4 is 81.3 Å². The average Bonchev–Trinajstić information content (AvgIpc) is 4.22. The van der Waals surface area contributed by atoms with Crippen molar-refractivity contribution in [3.05, 3.63) is 272 Å². The summed E-state index contributed by atoms with van der Waals surface area (Å²) in [5.74, 6) is 0. The molecule has 0 radical (unpaired) electrons. The molecule has 10 aromatic carbocycles. The van der Waals surface area contributed by atoms with Crippen molar-refractivity contribution in [1.29, 1.82) is 0 Å². The lowest BCUT2D eigenvalue weighted by Crippen LogP contribution is -1.98. The molecule has 4 heterocycles. The van der Waals surface area contributed by atoms with E-state index in [4.69, 9.17) is 0 Å². The van der Waals surface area contributed by atoms with Crippen molar-refractivity contribution in [2.24, 2.45) is 0 Å². The van der Waals surface area contributed by atoms with Crippen LogP contribution >= 0.6 is 15.9 Å². The van der Waals surface area contributed by atoms with Crippen molar-refractivity contribution in [3.63, 3.8) is 0 Å². The van der Waals surface area contributed by atoms with Gasteiger partial charge in [-0.1, -0.05) is 198 Å². The van der Waals surface area contributed by atoms with E-state index in [0.717, 1.165) is 4.47 Å². The molecule has 4 nitrogen and oxygen atoms in total. The highest BCUT2D eigenvalue weighted by atomic mass is 79.9. The third kappa shape index (κ3) is 7.89. The Morgan fingerprint density at radius 1 is 0.319 bits per heavy atom. The molecule has 1 N–H and O–H groups in total. The molecule has 328 valence electrons. The van der Waals surface area contributed by atoms with Gasteiger partial charge in [0, 0.05) is 71.8 Å². The highest BCUT2D eigenvalue weighted by Gasteiger charge is 2.18. The van der Waals surface area contributed by atoms with Crippen LogP contribution in [0.15, 0.2) is 272 Å². The van der Waals surface area contributed by atoms with E-state index < -0.39 is 0 Å². The molecule has 69 heavy (non-hydrogen) atoms. The fraction of sp³-hybridized carbons (Fsp3) is 0. The maximum Gasteiger partial charge on any atom is 0.0788 e. The Balaban J connectivity index is 0.000000120. The minimum absolute atomic E-state index is 1.12. The fourth-order valence-corrected chi connectivity index (χ4v) is 10.2. The summed E-state index contributed by atoms with van der Waals surface area (Å²) in [6, 6.07) is 89.7. The summed E-state index contributed by atoms with van der Waals surface area (Å²) >= 11 is 3.46. The molecule has 14 rings (SSSR count). The zero-order valence-electron chi connectivity index (χ0n) is 37.6. The van der Waals surface area contributed by atoms with E-state index in [1.165, 1.54) is 105 Å². The van der Waals surface area contributed by atoms with E-state index in [-0.39, 0.29) is 0 Å². The van der Waals surface area contributed by atoms with Crippen LogP contribution < -0.4 is 0 Å². The van der Waals surface area contributed by atoms with Gasteiger partial charge in [-0.25, -0.2) is 0 Å². The van der Waals surface area contributed by atoms with Crippen molar-refractivity contribution in [2.45, 2.75) is 0 Å². The third-order valence-corrected chi connectivity index (χ3v) is 13.5. The van der Waals surface area contributed by atoms with E-state index >= 15 is 0 Å². The van der Waals surface area contributed by atoms with Gasteiger partial charge in [-0.3, -0.25) is 0 Å². The van der Waals surface area contributed by atoms with Crippen molar-refractivity contribution < 1.29 is 0 Å². The Morgan fingerprint density at radius 2 is 0.812 bits per heavy atom. The number of benzene rings is 10. The van der Waals surface area contributed by atoms with Crippen LogP contribution in [-0.4, -0.2) is 18.7 Å². The summed E-state index contributed by atoms with van der Waals surface area (Å²) in [6.45, 7) is 0. The smallest absolute Gasteiger partial charge is 0.0788 e. The number of halogens is 1. The standard InChI is InChI=1S/C32H22N2.C20H14N2.C12H9Br/c1-3-10-23(11-4-1)25-12-9-15-27(22-25)34-30-17-8-7-16-28(30)29-19-18-24-20-21-33(31(24)32(29)34)26-13-5-2-6-14-26;1-2-6-15(7-3-1)22-13-12-14-10-11-17-16-8-4-5-9-18(16)21-19(17)20(14)22;13-12-8-4-7-11(9-12)10-5-2-1-3-6-10/h1-22H;1-13,21H;1-9H. The van der Waals surface area contributed by atoms with E-state index in [0.29, 0.717) is 0 Å². The molecule has 0 bridgehead atoms. The predicted octanol–water partition coefficient (Wildman–Crippen LogP) is 17.8. The number of para-hydroxylation sites is 4. The van der Waals surface area contributed by atoms with Gasteiger partial charge in [0.1, 0.15) is 0 Å². The van der Waals surface area contributed by atoms with Crippen LogP contribution in [0.4, 0.5) is 0 Å². The highest BCUT2D eigenvalue weighted by Crippen LogP contribution is 2.39. The summed E-state index contributed by atoms with van der Waals surface area (Å²) < 4.78 is 8.12. The van der Waals surface area contributed by atoms with Crippen LogP contribution in [0.1, 0.15) is 0 Å². The van der Waals surface area contributed by atoms with Gasteiger partial charge in [-0.15, -0.1) is 0 Å². The molecule has 0 atom stereocenters. The van der Waals surface area contributed by atoms with Gasteiger partial charge in [0.2, 0.25) is 0 Å². The van der Waals surface area contributed by atoms with Gasteiger partial charge < -0.3 is 18.7 Å². The molecule has 0 aliphatic rings. The van der Waals surface area contributed by atoms with Crippen LogP contribution in [0.2, 0.25) is 0 Å². The monoisotopic (exact) mass is 948 g/mol. The van der Waals surface area contributed by atoms with E-state index in [2.05, 4.69) is 278 Å². The van der Waals surface area contributed by atoms with Crippen molar-refractivity contribution in [3.8, 4) is 39.3 Å². The van der Waals surface area contributed by atoms with E-state index in [9.17, 15) is 0 Å². The number of hydrogen-bond donors (Lipinski definition) is 1. The van der Waals surface area contributed by atoms with Gasteiger partial charge >= 0.3 is 0 Å². The second-order valence-corrected chi connectivity index (χ2v) is 18.1. The lowest BCUT2D eigenvalue weighted by atomic mass is 10.1. The third-order valence-electron chi connectivity index (χ3n) is 13.0. The SMILES string of the molecule is Brc1cccc(-c2ccccc2)c1.c1ccc(-c2cccc(-n3c4ccccc4c4ccc5ccn(-c6ccccc6)c5c43)c2)cc1.c1ccc(-n2ccc3ccc4c5ccccc5[nH]c4c32)cc1. The van der Waals surface area contributed by atoms with Gasteiger partial charge in [0.15, 0.2) is 0 Å². The number of nitrogens with zero attached hydrogens (tertiary/aromatic N) is 3. The number of aromatic amines is 1. The van der Waals surface area contributed by atoms with Gasteiger partial charge in [-0.2, -0.15) is 0 Å². The van der Waals surface area contributed by atoms with Crippen LogP contribution in [0.25, 0.3) is 105 Å². The molecule has 0 aliphatic carbocycles.